The van der Waals surface area contributed by atoms with E-state index in [1.54, 1.807) is 20.2 Å². The second kappa shape index (κ2) is 7.61. The molecule has 3 aromatic heterocycles. The predicted octanol–water partition coefficient (Wildman–Crippen LogP) is 4.54. The Morgan fingerprint density at radius 3 is 2.48 bits per heavy atom. The number of halogens is 3. The number of hydrogen-bond acceptors (Lipinski definition) is 8. The Morgan fingerprint density at radius 2 is 1.76 bits per heavy atom. The molecule has 0 atom stereocenters. The van der Waals surface area contributed by atoms with E-state index in [1.807, 2.05) is 11.0 Å². The minimum atomic E-state index is -4.49. The number of anilines is 1. The number of methoxy groups -OCH3 is 2. The van der Waals surface area contributed by atoms with E-state index in [-0.39, 0.29) is 17.1 Å². The fourth-order valence-corrected chi connectivity index (χ4v) is 3.88. The van der Waals surface area contributed by atoms with Crippen molar-refractivity contribution in [2.24, 2.45) is 0 Å². The van der Waals surface area contributed by atoms with E-state index in [9.17, 15) is 13.2 Å². The van der Waals surface area contributed by atoms with Crippen molar-refractivity contribution in [1.82, 2.24) is 19.9 Å². The number of fused-ring (bicyclic) bond motifs is 2. The largest absolute Gasteiger partial charge is 0.496 e. The van der Waals surface area contributed by atoms with Crippen molar-refractivity contribution in [1.29, 1.82) is 0 Å². The Bertz CT molecular complexity index is 1370. The lowest BCUT2D eigenvalue weighted by molar-refractivity contribution is -0.137. The highest BCUT2D eigenvalue weighted by Gasteiger charge is 2.32. The van der Waals surface area contributed by atoms with Gasteiger partial charge in [0.1, 0.15) is 5.75 Å². The predicted molar refractivity (Wildman–Crippen MR) is 112 cm³/mol. The van der Waals surface area contributed by atoms with Crippen molar-refractivity contribution in [2.45, 2.75) is 26.2 Å². The van der Waals surface area contributed by atoms with E-state index in [1.165, 1.54) is 13.3 Å². The summed E-state index contributed by atoms with van der Waals surface area (Å²) in [6.45, 7) is 2.68. The van der Waals surface area contributed by atoms with Gasteiger partial charge in [-0.25, -0.2) is 15.0 Å². The average molecular weight is 457 g/mol. The van der Waals surface area contributed by atoms with Crippen molar-refractivity contribution >= 4 is 17.4 Å². The molecular formula is C22H18F3N5O3. The molecule has 0 radical (unpaired) electrons. The number of nitrogens with zero attached hydrogens (tertiary/aromatic N) is 5. The molecule has 1 aliphatic heterocycles. The monoisotopic (exact) mass is 457 g/mol. The first kappa shape index (κ1) is 21.0. The highest BCUT2D eigenvalue weighted by molar-refractivity contribution is 5.76. The van der Waals surface area contributed by atoms with E-state index in [2.05, 4.69) is 19.9 Å². The molecule has 0 aliphatic carbocycles. The van der Waals surface area contributed by atoms with Crippen LogP contribution in [0.4, 0.5) is 19.2 Å². The summed E-state index contributed by atoms with van der Waals surface area (Å²) in [5.41, 5.74) is 2.87. The van der Waals surface area contributed by atoms with Crippen molar-refractivity contribution in [3.8, 4) is 22.9 Å². The van der Waals surface area contributed by atoms with Crippen LogP contribution in [0.25, 0.3) is 22.6 Å². The van der Waals surface area contributed by atoms with Crippen LogP contribution < -0.4 is 14.4 Å². The molecule has 1 aliphatic rings. The fraction of sp³-hybridized carbons (Fsp3) is 0.273. The van der Waals surface area contributed by atoms with Crippen molar-refractivity contribution in [2.75, 3.05) is 19.1 Å². The highest BCUT2D eigenvalue weighted by atomic mass is 19.4. The third kappa shape index (κ3) is 3.69. The van der Waals surface area contributed by atoms with Gasteiger partial charge in [0.15, 0.2) is 0 Å². The second-order valence-electron chi connectivity index (χ2n) is 7.60. The van der Waals surface area contributed by atoms with Gasteiger partial charge in [0.05, 0.1) is 31.7 Å². The Balaban J connectivity index is 1.50. The zero-order valence-electron chi connectivity index (χ0n) is 17.9. The minimum Gasteiger partial charge on any atom is -0.496 e. The topological polar surface area (TPSA) is 86.4 Å². The van der Waals surface area contributed by atoms with Crippen LogP contribution >= 0.6 is 0 Å². The van der Waals surface area contributed by atoms with Crippen LogP contribution in [0.1, 0.15) is 22.3 Å². The van der Waals surface area contributed by atoms with E-state index in [0.717, 1.165) is 23.3 Å². The molecule has 0 unspecified atom stereocenters. The lowest BCUT2D eigenvalue weighted by Crippen LogP contribution is -2.14. The Kier molecular flexibility index (Phi) is 4.84. The van der Waals surface area contributed by atoms with Gasteiger partial charge in [0.2, 0.25) is 11.5 Å². The van der Waals surface area contributed by atoms with Gasteiger partial charge in [-0.1, -0.05) is 0 Å². The number of benzene rings is 1. The molecule has 1 aromatic carbocycles. The molecule has 5 rings (SSSR count). The van der Waals surface area contributed by atoms with Crippen LogP contribution in [0.2, 0.25) is 0 Å². The highest BCUT2D eigenvalue weighted by Crippen LogP contribution is 2.39. The summed E-state index contributed by atoms with van der Waals surface area (Å²) in [4.78, 5) is 19.4. The summed E-state index contributed by atoms with van der Waals surface area (Å²) in [6, 6.07) is 4.22. The van der Waals surface area contributed by atoms with Crippen LogP contribution in [0.15, 0.2) is 35.0 Å². The smallest absolute Gasteiger partial charge is 0.416 e. The van der Waals surface area contributed by atoms with E-state index >= 15 is 0 Å². The fourth-order valence-electron chi connectivity index (χ4n) is 3.88. The van der Waals surface area contributed by atoms with Crippen LogP contribution in [-0.4, -0.2) is 34.2 Å². The first-order valence-electron chi connectivity index (χ1n) is 9.93. The van der Waals surface area contributed by atoms with Gasteiger partial charge < -0.3 is 18.8 Å². The summed E-state index contributed by atoms with van der Waals surface area (Å²) in [5.74, 6) is 0.582. The Hall–Kier alpha value is -3.89. The van der Waals surface area contributed by atoms with Crippen LogP contribution in [0, 0.1) is 6.92 Å². The summed E-state index contributed by atoms with van der Waals surface area (Å²) < 4.78 is 55.8. The zero-order valence-corrected chi connectivity index (χ0v) is 17.9. The summed E-state index contributed by atoms with van der Waals surface area (Å²) in [7, 11) is 2.87. The van der Waals surface area contributed by atoms with Crippen LogP contribution in [-0.2, 0) is 19.3 Å². The molecule has 33 heavy (non-hydrogen) atoms. The average Bonchev–Trinajstić information content (AvgIpc) is 3.40. The third-order valence-electron chi connectivity index (χ3n) is 5.47. The van der Waals surface area contributed by atoms with Crippen LogP contribution in [0.3, 0.4) is 0 Å². The number of aromatic nitrogens is 4. The van der Waals surface area contributed by atoms with Gasteiger partial charge in [-0.05, 0) is 35.7 Å². The lowest BCUT2D eigenvalue weighted by atomic mass is 10.0. The van der Waals surface area contributed by atoms with Crippen LogP contribution in [0.5, 0.6) is 11.6 Å². The number of aryl methyl sites for hydroxylation is 1. The maximum Gasteiger partial charge on any atom is 0.416 e. The summed E-state index contributed by atoms with van der Waals surface area (Å²) in [6.07, 6.45) is -1.30. The Morgan fingerprint density at radius 1 is 0.970 bits per heavy atom. The van der Waals surface area contributed by atoms with Crippen molar-refractivity contribution < 1.29 is 27.1 Å². The molecule has 4 aromatic rings. The molecule has 8 nitrogen and oxygen atoms in total. The normalized spacial score (nSPS) is 13.5. The molecule has 170 valence electrons. The molecule has 0 spiro atoms. The van der Waals surface area contributed by atoms with Gasteiger partial charge in [-0.2, -0.15) is 18.2 Å². The summed E-state index contributed by atoms with van der Waals surface area (Å²) in [5, 5.41) is 0. The second-order valence-corrected chi connectivity index (χ2v) is 7.60. The molecule has 0 bridgehead atoms. The molecule has 0 saturated carbocycles. The van der Waals surface area contributed by atoms with Crippen molar-refractivity contribution in [3.63, 3.8) is 0 Å². The molecule has 0 saturated heterocycles. The van der Waals surface area contributed by atoms with Gasteiger partial charge >= 0.3 is 12.2 Å². The maximum absolute atomic E-state index is 13.2. The lowest BCUT2D eigenvalue weighted by Gasteiger charge is -2.15. The number of alkyl halides is 3. The van der Waals surface area contributed by atoms with Gasteiger partial charge in [0.25, 0.3) is 5.71 Å². The molecule has 11 heteroatoms. The third-order valence-corrected chi connectivity index (χ3v) is 5.47. The molecule has 4 heterocycles. The number of hydrogen-bond donors (Lipinski definition) is 0. The van der Waals surface area contributed by atoms with Gasteiger partial charge in [-0.15, -0.1) is 0 Å². The van der Waals surface area contributed by atoms with Crippen molar-refractivity contribution in [3.05, 3.63) is 52.8 Å². The number of pyridine rings is 1. The SMILES string of the molecule is COc1cc2c(cn1)CN(c1nc3nc(-c4c(C)cc(C(F)(F)F)cc4OC)cnc3o1)C2. The maximum atomic E-state index is 13.2. The number of oxazole rings is 1. The Labute approximate surface area is 186 Å². The first-order valence-corrected chi connectivity index (χ1v) is 9.93. The number of ether oxygens (including phenoxy) is 2. The van der Waals surface area contributed by atoms with E-state index in [4.69, 9.17) is 13.9 Å². The molecular weight excluding hydrogens is 439 g/mol. The molecule has 0 fully saturated rings. The van der Waals surface area contributed by atoms with Gasteiger partial charge in [-0.3, -0.25) is 0 Å². The minimum absolute atomic E-state index is 0.0520. The van der Waals surface area contributed by atoms with Gasteiger partial charge in [0, 0.05) is 30.9 Å². The number of rotatable bonds is 4. The molecule has 0 amide bonds. The standard InChI is InChI=1S/C22H18F3N5O3/c1-11-4-14(22(23,24)25)6-16(31-2)18(11)15-8-27-20-19(28-15)29-21(33-20)30-9-12-5-17(32-3)26-7-13(12)10-30/h4-8H,9-10H2,1-3H3. The zero-order chi connectivity index (χ0) is 23.3. The quantitative estimate of drug-likeness (QED) is 0.441. The van der Waals surface area contributed by atoms with E-state index < -0.39 is 11.7 Å². The molecule has 0 N–H and O–H groups in total. The summed E-state index contributed by atoms with van der Waals surface area (Å²) >= 11 is 0. The first-order chi connectivity index (χ1) is 15.8. The van der Waals surface area contributed by atoms with E-state index in [0.29, 0.717) is 41.8 Å².